The third-order valence-electron chi connectivity index (χ3n) is 1.57. The zero-order chi connectivity index (χ0) is 9.68. The number of hydrogen-bond acceptors (Lipinski definition) is 3. The Balaban J connectivity index is 2.45. The normalized spacial score (nSPS) is 12.1. The second kappa shape index (κ2) is 4.45. The van der Waals surface area contributed by atoms with Gasteiger partial charge in [0, 0.05) is 24.1 Å². The van der Waals surface area contributed by atoms with Crippen LogP contribution in [-0.2, 0) is 4.79 Å². The largest absolute Gasteiger partial charge is 0.481 e. The van der Waals surface area contributed by atoms with E-state index in [-0.39, 0.29) is 12.5 Å². The van der Waals surface area contributed by atoms with Gasteiger partial charge >= 0.3 is 5.97 Å². The van der Waals surface area contributed by atoms with Crippen molar-refractivity contribution in [3.63, 3.8) is 0 Å². The van der Waals surface area contributed by atoms with Crippen LogP contribution in [0.4, 0.5) is 5.69 Å². The fraction of sp³-hybridized carbons (Fsp3) is 0.333. The first-order valence-corrected chi connectivity index (χ1v) is 4.07. The second-order valence-corrected chi connectivity index (χ2v) is 2.88. The number of rotatable bonds is 4. The molecule has 1 heterocycles. The molecule has 1 aromatic rings. The monoisotopic (exact) mass is 180 g/mol. The summed E-state index contributed by atoms with van der Waals surface area (Å²) >= 11 is 0. The van der Waals surface area contributed by atoms with E-state index in [1.807, 2.05) is 6.92 Å². The van der Waals surface area contributed by atoms with Gasteiger partial charge in [-0.2, -0.15) is 0 Å². The van der Waals surface area contributed by atoms with E-state index in [0.717, 1.165) is 5.69 Å². The number of aromatic nitrogens is 1. The van der Waals surface area contributed by atoms with Crippen LogP contribution in [-0.4, -0.2) is 22.1 Å². The van der Waals surface area contributed by atoms with E-state index in [1.165, 1.54) is 0 Å². The topological polar surface area (TPSA) is 62.2 Å². The molecule has 0 fully saturated rings. The summed E-state index contributed by atoms with van der Waals surface area (Å²) < 4.78 is 0. The SMILES string of the molecule is CC(CC(=O)O)Nc1ccncc1. The number of aliphatic carboxylic acids is 1. The Kier molecular flexibility index (Phi) is 3.25. The van der Waals surface area contributed by atoms with Crippen LogP contribution < -0.4 is 5.32 Å². The fourth-order valence-electron chi connectivity index (χ4n) is 1.05. The summed E-state index contributed by atoms with van der Waals surface area (Å²) in [4.78, 5) is 14.2. The molecule has 0 saturated heterocycles. The second-order valence-electron chi connectivity index (χ2n) is 2.88. The summed E-state index contributed by atoms with van der Waals surface area (Å²) in [7, 11) is 0. The van der Waals surface area contributed by atoms with Gasteiger partial charge in [-0.25, -0.2) is 0 Å². The molecule has 1 aromatic heterocycles. The summed E-state index contributed by atoms with van der Waals surface area (Å²) in [5, 5.41) is 11.6. The van der Waals surface area contributed by atoms with Gasteiger partial charge in [-0.15, -0.1) is 0 Å². The maximum Gasteiger partial charge on any atom is 0.305 e. The molecule has 0 bridgehead atoms. The van der Waals surface area contributed by atoms with Gasteiger partial charge in [0.25, 0.3) is 0 Å². The van der Waals surface area contributed by atoms with Gasteiger partial charge in [0.1, 0.15) is 0 Å². The molecule has 0 radical (unpaired) electrons. The molecular formula is C9H12N2O2. The number of carboxylic acids is 1. The summed E-state index contributed by atoms with van der Waals surface area (Å²) in [6.07, 6.45) is 3.44. The Hall–Kier alpha value is -1.58. The molecule has 0 aromatic carbocycles. The quantitative estimate of drug-likeness (QED) is 0.734. The van der Waals surface area contributed by atoms with Crippen LogP contribution in [0.5, 0.6) is 0 Å². The molecule has 1 atom stereocenters. The third kappa shape index (κ3) is 3.55. The molecule has 4 heteroatoms. The minimum atomic E-state index is -0.797. The van der Waals surface area contributed by atoms with E-state index in [1.54, 1.807) is 24.5 Å². The van der Waals surface area contributed by atoms with Crippen molar-refractivity contribution >= 4 is 11.7 Å². The molecule has 0 amide bonds. The average Bonchev–Trinajstić information content (AvgIpc) is 2.04. The average molecular weight is 180 g/mol. The highest BCUT2D eigenvalue weighted by Gasteiger charge is 2.06. The smallest absolute Gasteiger partial charge is 0.305 e. The van der Waals surface area contributed by atoms with Gasteiger partial charge in [-0.3, -0.25) is 9.78 Å². The maximum absolute atomic E-state index is 10.3. The highest BCUT2D eigenvalue weighted by molar-refractivity contribution is 5.68. The number of hydrogen-bond donors (Lipinski definition) is 2. The van der Waals surface area contributed by atoms with Crippen molar-refractivity contribution in [2.24, 2.45) is 0 Å². The van der Waals surface area contributed by atoms with Crippen molar-refractivity contribution in [3.8, 4) is 0 Å². The van der Waals surface area contributed by atoms with E-state index in [4.69, 9.17) is 5.11 Å². The van der Waals surface area contributed by atoms with Crippen molar-refractivity contribution in [2.45, 2.75) is 19.4 Å². The summed E-state index contributed by atoms with van der Waals surface area (Å²) in [6, 6.07) is 3.54. The predicted octanol–water partition coefficient (Wildman–Crippen LogP) is 1.36. The first kappa shape index (κ1) is 9.51. The molecule has 0 aliphatic heterocycles. The molecule has 13 heavy (non-hydrogen) atoms. The number of carbonyl (C=O) groups is 1. The van der Waals surface area contributed by atoms with Crippen LogP contribution in [0.2, 0.25) is 0 Å². The molecule has 1 rings (SSSR count). The Morgan fingerprint density at radius 3 is 2.77 bits per heavy atom. The van der Waals surface area contributed by atoms with Crippen LogP contribution >= 0.6 is 0 Å². The number of nitrogens with one attached hydrogen (secondary N) is 1. The number of carboxylic acid groups (broad SMARTS) is 1. The molecule has 0 spiro atoms. The van der Waals surface area contributed by atoms with Crippen LogP contribution in [0.25, 0.3) is 0 Å². The van der Waals surface area contributed by atoms with Crippen molar-refractivity contribution in [1.82, 2.24) is 4.98 Å². The van der Waals surface area contributed by atoms with Crippen LogP contribution in [0.1, 0.15) is 13.3 Å². The van der Waals surface area contributed by atoms with Gasteiger partial charge in [0.15, 0.2) is 0 Å². The minimum absolute atomic E-state index is 0.0695. The number of nitrogens with zero attached hydrogens (tertiary/aromatic N) is 1. The molecule has 70 valence electrons. The molecular weight excluding hydrogens is 168 g/mol. The zero-order valence-electron chi connectivity index (χ0n) is 7.40. The van der Waals surface area contributed by atoms with Crippen LogP contribution in [0, 0.1) is 0 Å². The molecule has 1 unspecified atom stereocenters. The standard InChI is InChI=1S/C9H12N2O2/c1-7(6-9(12)13)11-8-2-4-10-5-3-8/h2-5,7H,6H2,1H3,(H,10,11)(H,12,13). The van der Waals surface area contributed by atoms with Crippen molar-refractivity contribution in [3.05, 3.63) is 24.5 Å². The highest BCUT2D eigenvalue weighted by atomic mass is 16.4. The number of anilines is 1. The van der Waals surface area contributed by atoms with Gasteiger partial charge in [-0.1, -0.05) is 0 Å². The van der Waals surface area contributed by atoms with Gasteiger partial charge < -0.3 is 10.4 Å². The van der Waals surface area contributed by atoms with Gasteiger partial charge in [-0.05, 0) is 19.1 Å². The molecule has 4 nitrogen and oxygen atoms in total. The van der Waals surface area contributed by atoms with Crippen molar-refractivity contribution in [1.29, 1.82) is 0 Å². The maximum atomic E-state index is 10.3. The van der Waals surface area contributed by atoms with E-state index in [0.29, 0.717) is 0 Å². The van der Waals surface area contributed by atoms with Crippen molar-refractivity contribution < 1.29 is 9.90 Å². The van der Waals surface area contributed by atoms with E-state index in [9.17, 15) is 4.79 Å². The third-order valence-corrected chi connectivity index (χ3v) is 1.57. The lowest BCUT2D eigenvalue weighted by Crippen LogP contribution is -2.19. The van der Waals surface area contributed by atoms with Gasteiger partial charge in [0.2, 0.25) is 0 Å². The lowest BCUT2D eigenvalue weighted by Gasteiger charge is -2.12. The Morgan fingerprint density at radius 2 is 2.23 bits per heavy atom. The predicted molar refractivity (Wildman–Crippen MR) is 49.6 cm³/mol. The summed E-state index contributed by atoms with van der Waals surface area (Å²) in [5.74, 6) is -0.797. The Labute approximate surface area is 76.6 Å². The van der Waals surface area contributed by atoms with Crippen molar-refractivity contribution in [2.75, 3.05) is 5.32 Å². The van der Waals surface area contributed by atoms with Gasteiger partial charge in [0.05, 0.1) is 6.42 Å². The Bertz CT molecular complexity index is 274. The molecule has 0 saturated carbocycles. The first-order chi connectivity index (χ1) is 6.18. The minimum Gasteiger partial charge on any atom is -0.481 e. The van der Waals surface area contributed by atoms with Crippen LogP contribution in [0.15, 0.2) is 24.5 Å². The van der Waals surface area contributed by atoms with Crippen LogP contribution in [0.3, 0.4) is 0 Å². The lowest BCUT2D eigenvalue weighted by atomic mass is 10.2. The van der Waals surface area contributed by atoms with E-state index < -0.39 is 5.97 Å². The Morgan fingerprint density at radius 1 is 1.62 bits per heavy atom. The molecule has 2 N–H and O–H groups in total. The highest BCUT2D eigenvalue weighted by Crippen LogP contribution is 2.06. The lowest BCUT2D eigenvalue weighted by molar-refractivity contribution is -0.137. The zero-order valence-corrected chi connectivity index (χ0v) is 7.40. The molecule has 0 aliphatic rings. The first-order valence-electron chi connectivity index (χ1n) is 4.07. The summed E-state index contributed by atoms with van der Waals surface area (Å²) in [5.41, 5.74) is 0.892. The summed E-state index contributed by atoms with van der Waals surface area (Å²) in [6.45, 7) is 1.83. The molecule has 0 aliphatic carbocycles. The van der Waals surface area contributed by atoms with E-state index >= 15 is 0 Å². The van der Waals surface area contributed by atoms with E-state index in [2.05, 4.69) is 10.3 Å². The fourth-order valence-corrected chi connectivity index (χ4v) is 1.05. The number of pyridine rings is 1.